The summed E-state index contributed by atoms with van der Waals surface area (Å²) in [6, 6.07) is 5.36. The minimum atomic E-state index is -0.610. The first-order chi connectivity index (χ1) is 11.4. The summed E-state index contributed by atoms with van der Waals surface area (Å²) in [5.41, 5.74) is 4.62. The molecule has 0 heterocycles. The Morgan fingerprint density at radius 2 is 2.17 bits per heavy atom. The van der Waals surface area contributed by atoms with E-state index < -0.39 is 6.10 Å². The average molecular weight is 349 g/mol. The Labute approximate surface area is 148 Å². The number of hydrogen-bond acceptors (Lipinski definition) is 3. The van der Waals surface area contributed by atoms with E-state index in [-0.39, 0.29) is 5.91 Å². The molecule has 2 saturated carbocycles. The number of carbonyl (C=O) groups excluding carboxylic acids is 1. The fourth-order valence-corrected chi connectivity index (χ4v) is 4.29. The van der Waals surface area contributed by atoms with Gasteiger partial charge in [-0.05, 0) is 75.6 Å². The summed E-state index contributed by atoms with van der Waals surface area (Å²) in [6.45, 7) is 5.66. The third-order valence-electron chi connectivity index (χ3n) is 5.43. The molecule has 0 spiro atoms. The minimum absolute atomic E-state index is 0.230. The Balaban J connectivity index is 1.55. The van der Waals surface area contributed by atoms with Crippen LogP contribution >= 0.6 is 11.6 Å². The lowest BCUT2D eigenvalue weighted by molar-refractivity contribution is -0.127. The van der Waals surface area contributed by atoms with Crippen LogP contribution in [0.3, 0.4) is 0 Å². The van der Waals surface area contributed by atoms with Gasteiger partial charge in [-0.2, -0.15) is 5.10 Å². The number of fused-ring (bicyclic) bond motifs is 2. The van der Waals surface area contributed by atoms with Crippen molar-refractivity contribution in [1.82, 2.24) is 5.43 Å². The molecular weight excluding hydrogens is 324 g/mol. The van der Waals surface area contributed by atoms with Crippen LogP contribution in [0.2, 0.25) is 5.02 Å². The largest absolute Gasteiger partial charge is 0.481 e. The highest BCUT2D eigenvalue weighted by atomic mass is 35.5. The molecule has 4 atom stereocenters. The molecule has 1 aromatic rings. The third-order valence-corrected chi connectivity index (χ3v) is 5.66. The van der Waals surface area contributed by atoms with Gasteiger partial charge in [0.15, 0.2) is 6.10 Å². The number of hydrazone groups is 1. The first-order valence-corrected chi connectivity index (χ1v) is 9.08. The van der Waals surface area contributed by atoms with Gasteiger partial charge in [-0.1, -0.05) is 18.0 Å². The smallest absolute Gasteiger partial charge is 0.280 e. The molecule has 2 aliphatic rings. The minimum Gasteiger partial charge on any atom is -0.481 e. The summed E-state index contributed by atoms with van der Waals surface area (Å²) in [5, 5.41) is 5.00. The molecule has 2 aliphatic carbocycles. The van der Waals surface area contributed by atoms with Gasteiger partial charge in [-0.3, -0.25) is 4.79 Å². The molecule has 1 amide bonds. The van der Waals surface area contributed by atoms with Crippen LogP contribution in [0.25, 0.3) is 0 Å². The van der Waals surface area contributed by atoms with Crippen LogP contribution in [0.1, 0.15) is 45.1 Å². The molecule has 0 unspecified atom stereocenters. The fourth-order valence-electron chi connectivity index (χ4n) is 4.06. The summed E-state index contributed by atoms with van der Waals surface area (Å²) in [4.78, 5) is 12.2. The molecule has 1 N–H and O–H groups in total. The molecule has 0 aliphatic heterocycles. The Kier molecular flexibility index (Phi) is 5.14. The zero-order chi connectivity index (χ0) is 17.3. The van der Waals surface area contributed by atoms with E-state index in [1.54, 1.807) is 19.1 Å². The zero-order valence-electron chi connectivity index (χ0n) is 14.5. The average Bonchev–Trinajstić information content (AvgIpc) is 3.17. The van der Waals surface area contributed by atoms with E-state index >= 15 is 0 Å². The van der Waals surface area contributed by atoms with Crippen LogP contribution in [-0.2, 0) is 4.79 Å². The number of benzene rings is 1. The monoisotopic (exact) mass is 348 g/mol. The molecule has 0 radical (unpaired) electrons. The molecule has 4 nitrogen and oxygen atoms in total. The van der Waals surface area contributed by atoms with E-state index in [9.17, 15) is 4.79 Å². The van der Waals surface area contributed by atoms with Crippen LogP contribution in [0.5, 0.6) is 5.75 Å². The van der Waals surface area contributed by atoms with Crippen LogP contribution < -0.4 is 10.2 Å². The fraction of sp³-hybridized carbons (Fsp3) is 0.579. The molecule has 1 aromatic carbocycles. The quantitative estimate of drug-likeness (QED) is 0.635. The molecule has 130 valence electrons. The number of halogens is 1. The third kappa shape index (κ3) is 3.75. The van der Waals surface area contributed by atoms with Crippen molar-refractivity contribution < 1.29 is 9.53 Å². The highest BCUT2D eigenvalue weighted by Gasteiger charge is 2.40. The lowest BCUT2D eigenvalue weighted by atomic mass is 9.86. The predicted molar refractivity (Wildman–Crippen MR) is 96.5 cm³/mol. The highest BCUT2D eigenvalue weighted by Crippen LogP contribution is 2.48. The number of hydrogen-bond donors (Lipinski definition) is 1. The molecule has 24 heavy (non-hydrogen) atoms. The maximum atomic E-state index is 12.2. The normalized spacial score (nSPS) is 27.2. The molecule has 5 heteroatoms. The maximum Gasteiger partial charge on any atom is 0.280 e. The summed E-state index contributed by atoms with van der Waals surface area (Å²) < 4.78 is 5.73. The van der Waals surface area contributed by atoms with Crippen molar-refractivity contribution in [2.45, 2.75) is 52.6 Å². The van der Waals surface area contributed by atoms with Gasteiger partial charge < -0.3 is 4.74 Å². The summed E-state index contributed by atoms with van der Waals surface area (Å²) >= 11 is 5.94. The van der Waals surface area contributed by atoms with E-state index in [4.69, 9.17) is 16.3 Å². The second-order valence-electron chi connectivity index (χ2n) is 7.18. The van der Waals surface area contributed by atoms with E-state index in [2.05, 4.69) is 10.5 Å². The standard InChI is InChI=1S/C19H25ClN2O2/c1-11-8-16(20)6-7-18(11)24-13(3)19(23)22-21-12(2)17-10-14-4-5-15(17)9-14/h6-8,13-15,17H,4-5,9-10H2,1-3H3,(H,22,23)/b21-12+/t13-,14+,15+,17-/m0/s1. The van der Waals surface area contributed by atoms with Gasteiger partial charge in [0.05, 0.1) is 0 Å². The van der Waals surface area contributed by atoms with Crippen LogP contribution in [0, 0.1) is 24.7 Å². The van der Waals surface area contributed by atoms with Crippen molar-refractivity contribution in [2.24, 2.45) is 22.9 Å². The molecular formula is C19H25ClN2O2. The van der Waals surface area contributed by atoms with E-state index in [0.29, 0.717) is 16.7 Å². The lowest BCUT2D eigenvalue weighted by Crippen LogP contribution is -2.34. The Morgan fingerprint density at radius 1 is 1.38 bits per heavy atom. The topological polar surface area (TPSA) is 50.7 Å². The number of nitrogens with one attached hydrogen (secondary N) is 1. The number of aryl methyl sites for hydroxylation is 1. The predicted octanol–water partition coefficient (Wildman–Crippen LogP) is 4.34. The summed E-state index contributed by atoms with van der Waals surface area (Å²) in [6.07, 6.45) is 4.63. The van der Waals surface area contributed by atoms with Crippen LogP contribution in [0.15, 0.2) is 23.3 Å². The van der Waals surface area contributed by atoms with Gasteiger partial charge in [-0.15, -0.1) is 0 Å². The van der Waals surface area contributed by atoms with Gasteiger partial charge >= 0.3 is 0 Å². The summed E-state index contributed by atoms with van der Waals surface area (Å²) in [7, 11) is 0. The lowest BCUT2D eigenvalue weighted by Gasteiger charge is -2.21. The van der Waals surface area contributed by atoms with Crippen molar-refractivity contribution in [3.05, 3.63) is 28.8 Å². The molecule has 2 fully saturated rings. The highest BCUT2D eigenvalue weighted by molar-refractivity contribution is 6.30. The first-order valence-electron chi connectivity index (χ1n) is 8.71. The van der Waals surface area contributed by atoms with E-state index in [0.717, 1.165) is 23.1 Å². The Bertz CT molecular complexity index is 659. The van der Waals surface area contributed by atoms with Crippen molar-refractivity contribution >= 4 is 23.2 Å². The SMILES string of the molecule is C/C(=N\NC(=O)[C@H](C)Oc1ccc(Cl)cc1C)[C@@H]1C[C@@H]2CC[C@@H]1C2. The van der Waals surface area contributed by atoms with E-state index in [1.165, 1.54) is 25.7 Å². The molecule has 2 bridgehead atoms. The van der Waals surface area contributed by atoms with Crippen LogP contribution in [0.4, 0.5) is 0 Å². The van der Waals surface area contributed by atoms with Gasteiger partial charge in [0.2, 0.25) is 0 Å². The Hall–Kier alpha value is -1.55. The molecule has 0 saturated heterocycles. The van der Waals surface area contributed by atoms with Crippen molar-refractivity contribution in [3.8, 4) is 5.75 Å². The first kappa shape index (κ1) is 17.3. The van der Waals surface area contributed by atoms with Gasteiger partial charge in [0, 0.05) is 16.7 Å². The number of rotatable bonds is 5. The maximum absolute atomic E-state index is 12.2. The van der Waals surface area contributed by atoms with Crippen molar-refractivity contribution in [1.29, 1.82) is 0 Å². The van der Waals surface area contributed by atoms with Crippen molar-refractivity contribution in [3.63, 3.8) is 0 Å². The number of nitrogens with zero attached hydrogens (tertiary/aromatic N) is 1. The second kappa shape index (κ2) is 7.14. The van der Waals surface area contributed by atoms with Gasteiger partial charge in [0.1, 0.15) is 5.75 Å². The number of amides is 1. The van der Waals surface area contributed by atoms with E-state index in [1.807, 2.05) is 19.9 Å². The number of ether oxygens (including phenoxy) is 1. The second-order valence-corrected chi connectivity index (χ2v) is 7.62. The zero-order valence-corrected chi connectivity index (χ0v) is 15.3. The van der Waals surface area contributed by atoms with Crippen LogP contribution in [-0.4, -0.2) is 17.7 Å². The molecule has 0 aromatic heterocycles. The van der Waals surface area contributed by atoms with Gasteiger partial charge in [0.25, 0.3) is 5.91 Å². The summed E-state index contributed by atoms with van der Waals surface area (Å²) in [5.74, 6) is 2.61. The van der Waals surface area contributed by atoms with Gasteiger partial charge in [-0.25, -0.2) is 5.43 Å². The molecule has 3 rings (SSSR count). The Morgan fingerprint density at radius 3 is 2.79 bits per heavy atom. The number of carbonyl (C=O) groups is 1. The van der Waals surface area contributed by atoms with Crippen molar-refractivity contribution in [2.75, 3.05) is 0 Å².